The molecule has 0 saturated carbocycles. The van der Waals surface area contributed by atoms with Gasteiger partial charge in [-0.2, -0.15) is 0 Å². The summed E-state index contributed by atoms with van der Waals surface area (Å²) in [6.07, 6.45) is 3.36. The normalized spacial score (nSPS) is 10.0. The highest BCUT2D eigenvalue weighted by atomic mass is 35.5. The van der Waals surface area contributed by atoms with Crippen LogP contribution >= 0.6 is 11.6 Å². The predicted octanol–water partition coefficient (Wildman–Crippen LogP) is 4.24. The fourth-order valence-electron chi connectivity index (χ4n) is 1.29. The molecule has 0 aliphatic carbocycles. The fraction of sp³-hybridized carbons (Fsp3) is 0.333. The lowest BCUT2D eigenvalue weighted by molar-refractivity contribution is 0.814. The Morgan fingerprint density at radius 1 is 1.46 bits per heavy atom. The minimum atomic E-state index is 0.827. The second kappa shape index (κ2) is 5.08. The maximum atomic E-state index is 5.87. The SMILES string of the molecule is C=C(C)CCCc1cccc(Cl)c1. The van der Waals surface area contributed by atoms with Gasteiger partial charge in [0.2, 0.25) is 0 Å². The molecule has 0 nitrogen and oxygen atoms in total. The van der Waals surface area contributed by atoms with E-state index in [9.17, 15) is 0 Å². The first-order valence-corrected chi connectivity index (χ1v) is 4.95. The molecule has 0 heterocycles. The van der Waals surface area contributed by atoms with Crippen molar-refractivity contribution in [1.29, 1.82) is 0 Å². The smallest absolute Gasteiger partial charge is 0.0408 e. The van der Waals surface area contributed by atoms with Crippen LogP contribution in [0.4, 0.5) is 0 Å². The average molecular weight is 195 g/mol. The van der Waals surface area contributed by atoms with Crippen molar-refractivity contribution >= 4 is 11.6 Å². The lowest BCUT2D eigenvalue weighted by Crippen LogP contribution is -1.85. The third-order valence-corrected chi connectivity index (χ3v) is 2.19. The molecule has 70 valence electrons. The summed E-state index contributed by atoms with van der Waals surface area (Å²) in [5.41, 5.74) is 2.57. The number of hydrogen-bond acceptors (Lipinski definition) is 0. The van der Waals surface area contributed by atoms with Crippen LogP contribution in [0.3, 0.4) is 0 Å². The molecule has 1 rings (SSSR count). The number of benzene rings is 1. The van der Waals surface area contributed by atoms with Crippen molar-refractivity contribution in [2.75, 3.05) is 0 Å². The fourth-order valence-corrected chi connectivity index (χ4v) is 1.50. The summed E-state index contributed by atoms with van der Waals surface area (Å²) in [6.45, 7) is 5.95. The van der Waals surface area contributed by atoms with Crippen LogP contribution in [-0.2, 0) is 6.42 Å². The number of allylic oxidation sites excluding steroid dienone is 1. The Hall–Kier alpha value is -0.750. The Kier molecular flexibility index (Phi) is 4.04. The Morgan fingerprint density at radius 3 is 2.85 bits per heavy atom. The molecule has 0 bridgehead atoms. The van der Waals surface area contributed by atoms with Gasteiger partial charge in [-0.05, 0) is 43.9 Å². The van der Waals surface area contributed by atoms with Crippen molar-refractivity contribution in [3.05, 3.63) is 47.0 Å². The molecule has 0 unspecified atom stereocenters. The minimum Gasteiger partial charge on any atom is -0.100 e. The first kappa shape index (κ1) is 10.3. The van der Waals surface area contributed by atoms with E-state index in [-0.39, 0.29) is 0 Å². The molecular weight excluding hydrogens is 180 g/mol. The second-order valence-corrected chi connectivity index (χ2v) is 3.88. The zero-order valence-corrected chi connectivity index (χ0v) is 8.77. The van der Waals surface area contributed by atoms with Crippen LogP contribution in [0.2, 0.25) is 5.02 Å². The van der Waals surface area contributed by atoms with Crippen molar-refractivity contribution in [3.63, 3.8) is 0 Å². The Labute approximate surface area is 85.2 Å². The standard InChI is InChI=1S/C12H15Cl/c1-10(2)5-3-6-11-7-4-8-12(13)9-11/h4,7-9H,1,3,5-6H2,2H3. The van der Waals surface area contributed by atoms with Crippen LogP contribution in [0, 0.1) is 0 Å². The maximum Gasteiger partial charge on any atom is 0.0408 e. The molecular formula is C12H15Cl. The van der Waals surface area contributed by atoms with Gasteiger partial charge >= 0.3 is 0 Å². The van der Waals surface area contributed by atoms with E-state index in [1.165, 1.54) is 11.1 Å². The van der Waals surface area contributed by atoms with E-state index in [0.717, 1.165) is 24.3 Å². The largest absolute Gasteiger partial charge is 0.100 e. The Bertz CT molecular complexity index is 289. The van der Waals surface area contributed by atoms with Crippen LogP contribution in [0.5, 0.6) is 0 Å². The highest BCUT2D eigenvalue weighted by molar-refractivity contribution is 6.30. The van der Waals surface area contributed by atoms with Crippen molar-refractivity contribution < 1.29 is 0 Å². The monoisotopic (exact) mass is 194 g/mol. The molecule has 0 amide bonds. The molecule has 0 spiro atoms. The summed E-state index contributed by atoms with van der Waals surface area (Å²) in [6, 6.07) is 8.05. The third-order valence-electron chi connectivity index (χ3n) is 1.96. The van der Waals surface area contributed by atoms with Gasteiger partial charge < -0.3 is 0 Å². The summed E-state index contributed by atoms with van der Waals surface area (Å²) in [7, 11) is 0. The number of aryl methyl sites for hydroxylation is 1. The summed E-state index contributed by atoms with van der Waals surface area (Å²) in [5, 5.41) is 0.827. The van der Waals surface area contributed by atoms with Crippen LogP contribution in [-0.4, -0.2) is 0 Å². The van der Waals surface area contributed by atoms with Gasteiger partial charge in [-0.25, -0.2) is 0 Å². The van der Waals surface area contributed by atoms with Crippen LogP contribution in [0.1, 0.15) is 25.3 Å². The first-order chi connectivity index (χ1) is 6.18. The van der Waals surface area contributed by atoms with Gasteiger partial charge in [-0.1, -0.05) is 29.3 Å². The molecule has 0 atom stereocenters. The lowest BCUT2D eigenvalue weighted by Gasteiger charge is -2.01. The van der Waals surface area contributed by atoms with Crippen molar-refractivity contribution in [3.8, 4) is 0 Å². The molecule has 0 aliphatic rings. The van der Waals surface area contributed by atoms with Crippen LogP contribution in [0.15, 0.2) is 36.4 Å². The van der Waals surface area contributed by atoms with Gasteiger partial charge in [0.1, 0.15) is 0 Å². The quantitative estimate of drug-likeness (QED) is 0.629. The minimum absolute atomic E-state index is 0.827. The van der Waals surface area contributed by atoms with E-state index in [2.05, 4.69) is 19.6 Å². The highest BCUT2D eigenvalue weighted by Crippen LogP contribution is 2.13. The van der Waals surface area contributed by atoms with Crippen molar-refractivity contribution in [1.82, 2.24) is 0 Å². The van der Waals surface area contributed by atoms with Crippen molar-refractivity contribution in [2.24, 2.45) is 0 Å². The molecule has 1 aromatic rings. The molecule has 13 heavy (non-hydrogen) atoms. The van der Waals surface area contributed by atoms with Gasteiger partial charge in [0.05, 0.1) is 0 Å². The predicted molar refractivity (Wildman–Crippen MR) is 59.2 cm³/mol. The molecule has 0 aliphatic heterocycles. The van der Waals surface area contributed by atoms with Gasteiger partial charge in [-0.3, -0.25) is 0 Å². The molecule has 1 heteroatoms. The number of rotatable bonds is 4. The lowest BCUT2D eigenvalue weighted by atomic mass is 10.1. The summed E-state index contributed by atoms with van der Waals surface area (Å²) < 4.78 is 0. The second-order valence-electron chi connectivity index (χ2n) is 3.44. The Morgan fingerprint density at radius 2 is 2.23 bits per heavy atom. The topological polar surface area (TPSA) is 0 Å². The van der Waals surface area contributed by atoms with Crippen LogP contribution in [0.25, 0.3) is 0 Å². The van der Waals surface area contributed by atoms with Crippen molar-refractivity contribution in [2.45, 2.75) is 26.2 Å². The van der Waals surface area contributed by atoms with E-state index in [0.29, 0.717) is 0 Å². The average Bonchev–Trinajstić information content (AvgIpc) is 2.03. The molecule has 1 aromatic carbocycles. The molecule has 0 fully saturated rings. The van der Waals surface area contributed by atoms with E-state index >= 15 is 0 Å². The van der Waals surface area contributed by atoms with E-state index < -0.39 is 0 Å². The summed E-state index contributed by atoms with van der Waals surface area (Å²) in [4.78, 5) is 0. The zero-order valence-electron chi connectivity index (χ0n) is 8.02. The van der Waals surface area contributed by atoms with Gasteiger partial charge in [0.25, 0.3) is 0 Å². The zero-order chi connectivity index (χ0) is 9.68. The molecule has 0 aromatic heterocycles. The first-order valence-electron chi connectivity index (χ1n) is 4.57. The van der Waals surface area contributed by atoms with Gasteiger partial charge in [-0.15, -0.1) is 6.58 Å². The number of halogens is 1. The van der Waals surface area contributed by atoms with E-state index in [1.807, 2.05) is 18.2 Å². The third kappa shape index (κ3) is 4.14. The Balaban J connectivity index is 2.41. The summed E-state index contributed by atoms with van der Waals surface area (Å²) in [5.74, 6) is 0. The van der Waals surface area contributed by atoms with Crippen LogP contribution < -0.4 is 0 Å². The molecule has 0 saturated heterocycles. The maximum absolute atomic E-state index is 5.87. The molecule has 0 N–H and O–H groups in total. The van der Waals surface area contributed by atoms with E-state index in [4.69, 9.17) is 11.6 Å². The van der Waals surface area contributed by atoms with Gasteiger partial charge in [0, 0.05) is 5.02 Å². The molecule has 0 radical (unpaired) electrons. The van der Waals surface area contributed by atoms with Gasteiger partial charge in [0.15, 0.2) is 0 Å². The summed E-state index contributed by atoms with van der Waals surface area (Å²) >= 11 is 5.87. The number of hydrogen-bond donors (Lipinski definition) is 0. The highest BCUT2D eigenvalue weighted by Gasteiger charge is 1.94. The van der Waals surface area contributed by atoms with E-state index in [1.54, 1.807) is 0 Å².